The van der Waals surface area contributed by atoms with Gasteiger partial charge in [-0.05, 0) is 25.5 Å². The van der Waals surface area contributed by atoms with Crippen molar-refractivity contribution in [2.75, 3.05) is 0 Å². The first-order chi connectivity index (χ1) is 6.65. The van der Waals surface area contributed by atoms with Gasteiger partial charge in [0, 0.05) is 4.90 Å². The monoisotopic (exact) mass is 210 g/mol. The van der Waals surface area contributed by atoms with Crippen molar-refractivity contribution in [2.45, 2.75) is 24.0 Å². The van der Waals surface area contributed by atoms with Gasteiger partial charge in [-0.15, -0.1) is 11.8 Å². The summed E-state index contributed by atoms with van der Waals surface area (Å²) >= 11 is 1.51. The van der Waals surface area contributed by atoms with Crippen molar-refractivity contribution >= 4 is 17.7 Å². The molecule has 1 rings (SSSR count). The van der Waals surface area contributed by atoms with Gasteiger partial charge in [-0.3, -0.25) is 10.2 Å². The van der Waals surface area contributed by atoms with Crippen LogP contribution in [0.5, 0.6) is 0 Å². The average Bonchev–Trinajstić information content (AvgIpc) is 2.20. The smallest absolute Gasteiger partial charge is 0.247 e. The SMILES string of the molecule is Cc1ccccc1SC(C)C(=O)NN. The van der Waals surface area contributed by atoms with Crippen LogP contribution >= 0.6 is 11.8 Å². The highest BCUT2D eigenvalue weighted by molar-refractivity contribution is 8.00. The molecule has 0 aliphatic carbocycles. The molecular formula is C10H14N2OS. The van der Waals surface area contributed by atoms with Crippen molar-refractivity contribution in [1.29, 1.82) is 0 Å². The maximum absolute atomic E-state index is 11.2. The molecule has 0 heterocycles. The highest BCUT2D eigenvalue weighted by atomic mass is 32.2. The third-order valence-electron chi connectivity index (χ3n) is 1.91. The number of nitrogens with one attached hydrogen (secondary N) is 1. The molecule has 3 nitrogen and oxygen atoms in total. The first-order valence-electron chi connectivity index (χ1n) is 4.38. The predicted molar refractivity (Wildman–Crippen MR) is 58.8 cm³/mol. The number of benzene rings is 1. The van der Waals surface area contributed by atoms with E-state index in [-0.39, 0.29) is 11.2 Å². The highest BCUT2D eigenvalue weighted by Crippen LogP contribution is 2.25. The zero-order valence-electron chi connectivity index (χ0n) is 8.28. The Morgan fingerprint density at radius 2 is 2.14 bits per heavy atom. The molecule has 1 atom stereocenters. The molecule has 1 amide bonds. The van der Waals surface area contributed by atoms with Gasteiger partial charge in [-0.25, -0.2) is 5.84 Å². The molecule has 1 unspecified atom stereocenters. The van der Waals surface area contributed by atoms with Crippen LogP contribution in [0.1, 0.15) is 12.5 Å². The number of aryl methyl sites for hydroxylation is 1. The minimum absolute atomic E-state index is 0.154. The maximum Gasteiger partial charge on any atom is 0.247 e. The summed E-state index contributed by atoms with van der Waals surface area (Å²) in [4.78, 5) is 12.3. The largest absolute Gasteiger partial charge is 0.293 e. The normalized spacial score (nSPS) is 12.2. The maximum atomic E-state index is 11.2. The second kappa shape index (κ2) is 5.02. The van der Waals surface area contributed by atoms with Crippen molar-refractivity contribution < 1.29 is 4.79 Å². The second-order valence-electron chi connectivity index (χ2n) is 3.03. The lowest BCUT2D eigenvalue weighted by Crippen LogP contribution is -2.36. The first-order valence-corrected chi connectivity index (χ1v) is 5.26. The molecule has 0 bridgehead atoms. The van der Waals surface area contributed by atoms with Crippen LogP contribution in [0.4, 0.5) is 0 Å². The van der Waals surface area contributed by atoms with E-state index in [0.717, 1.165) is 4.90 Å². The summed E-state index contributed by atoms with van der Waals surface area (Å²) in [6.45, 7) is 3.86. The molecule has 0 saturated heterocycles. The summed E-state index contributed by atoms with van der Waals surface area (Å²) in [6, 6.07) is 7.96. The molecule has 0 spiro atoms. The fourth-order valence-electron chi connectivity index (χ4n) is 1.05. The van der Waals surface area contributed by atoms with Gasteiger partial charge in [0.15, 0.2) is 0 Å². The van der Waals surface area contributed by atoms with E-state index in [2.05, 4.69) is 5.43 Å². The lowest BCUT2D eigenvalue weighted by atomic mass is 10.2. The Kier molecular flexibility index (Phi) is 3.98. The van der Waals surface area contributed by atoms with E-state index in [1.54, 1.807) is 0 Å². The van der Waals surface area contributed by atoms with Gasteiger partial charge < -0.3 is 0 Å². The van der Waals surface area contributed by atoms with E-state index in [1.165, 1.54) is 17.3 Å². The molecule has 14 heavy (non-hydrogen) atoms. The molecule has 3 N–H and O–H groups in total. The molecule has 0 fully saturated rings. The van der Waals surface area contributed by atoms with Gasteiger partial charge in [0.05, 0.1) is 5.25 Å². The number of amides is 1. The molecule has 0 aliphatic heterocycles. The fourth-order valence-corrected chi connectivity index (χ4v) is 2.02. The van der Waals surface area contributed by atoms with Gasteiger partial charge >= 0.3 is 0 Å². The van der Waals surface area contributed by atoms with Crippen molar-refractivity contribution in [2.24, 2.45) is 5.84 Å². The molecule has 4 heteroatoms. The minimum Gasteiger partial charge on any atom is -0.293 e. The Hall–Kier alpha value is -1.00. The molecular weight excluding hydrogens is 196 g/mol. The molecule has 0 aliphatic rings. The molecule has 0 saturated carbocycles. The van der Waals surface area contributed by atoms with Crippen LogP contribution in [0.3, 0.4) is 0 Å². The van der Waals surface area contributed by atoms with Crippen molar-refractivity contribution in [3.8, 4) is 0 Å². The molecule has 76 valence electrons. The first kappa shape index (κ1) is 11.1. The number of thioether (sulfide) groups is 1. The van der Waals surface area contributed by atoms with Crippen LogP contribution in [-0.4, -0.2) is 11.2 Å². The van der Waals surface area contributed by atoms with Crippen molar-refractivity contribution in [3.05, 3.63) is 29.8 Å². The van der Waals surface area contributed by atoms with Crippen LogP contribution < -0.4 is 11.3 Å². The van der Waals surface area contributed by atoms with Gasteiger partial charge in [0.2, 0.25) is 5.91 Å². The number of hydrogen-bond donors (Lipinski definition) is 2. The zero-order chi connectivity index (χ0) is 10.6. The Bertz CT molecular complexity index is 328. The summed E-state index contributed by atoms with van der Waals surface area (Å²) < 4.78 is 0. The van der Waals surface area contributed by atoms with Crippen LogP contribution in [0.15, 0.2) is 29.2 Å². The van der Waals surface area contributed by atoms with Crippen molar-refractivity contribution in [1.82, 2.24) is 5.43 Å². The van der Waals surface area contributed by atoms with E-state index in [9.17, 15) is 4.79 Å². The quantitative estimate of drug-likeness (QED) is 0.344. The minimum atomic E-state index is -0.166. The van der Waals surface area contributed by atoms with Crippen LogP contribution in [0, 0.1) is 6.92 Å². The number of hydrogen-bond acceptors (Lipinski definition) is 3. The van der Waals surface area contributed by atoms with E-state index < -0.39 is 0 Å². The van der Waals surface area contributed by atoms with Crippen molar-refractivity contribution in [3.63, 3.8) is 0 Å². The summed E-state index contributed by atoms with van der Waals surface area (Å²) in [6.07, 6.45) is 0. The summed E-state index contributed by atoms with van der Waals surface area (Å²) in [5, 5.41) is -0.166. The average molecular weight is 210 g/mol. The number of hydrazine groups is 1. The summed E-state index contributed by atoms with van der Waals surface area (Å²) in [5.74, 6) is 4.90. The van der Waals surface area contributed by atoms with Crippen LogP contribution in [0.25, 0.3) is 0 Å². The Balaban J connectivity index is 2.69. The third kappa shape index (κ3) is 2.75. The number of rotatable bonds is 3. The second-order valence-corrected chi connectivity index (χ2v) is 4.42. The van der Waals surface area contributed by atoms with Gasteiger partial charge in [0.25, 0.3) is 0 Å². The van der Waals surface area contributed by atoms with E-state index in [4.69, 9.17) is 5.84 Å². The Morgan fingerprint density at radius 3 is 2.71 bits per heavy atom. The molecule has 0 aromatic heterocycles. The highest BCUT2D eigenvalue weighted by Gasteiger charge is 2.13. The van der Waals surface area contributed by atoms with E-state index in [1.807, 2.05) is 38.1 Å². The molecule has 1 aromatic carbocycles. The number of nitrogens with two attached hydrogens (primary N) is 1. The number of carbonyl (C=O) groups excluding carboxylic acids is 1. The predicted octanol–water partition coefficient (Wildman–Crippen LogP) is 1.47. The topological polar surface area (TPSA) is 55.1 Å². The lowest BCUT2D eigenvalue weighted by molar-refractivity contribution is -0.120. The Labute approximate surface area is 88.0 Å². The van der Waals surface area contributed by atoms with E-state index >= 15 is 0 Å². The summed E-state index contributed by atoms with van der Waals surface area (Å²) in [7, 11) is 0. The summed E-state index contributed by atoms with van der Waals surface area (Å²) in [5.41, 5.74) is 3.32. The Morgan fingerprint density at radius 1 is 1.50 bits per heavy atom. The van der Waals surface area contributed by atoms with E-state index in [0.29, 0.717) is 0 Å². The van der Waals surface area contributed by atoms with Gasteiger partial charge in [0.1, 0.15) is 0 Å². The standard InChI is InChI=1S/C10H14N2OS/c1-7-5-3-4-6-9(7)14-8(2)10(13)12-11/h3-6,8H,11H2,1-2H3,(H,12,13). The fraction of sp³-hybridized carbons (Fsp3) is 0.300. The number of carbonyl (C=O) groups is 1. The molecule has 0 radical (unpaired) electrons. The zero-order valence-corrected chi connectivity index (χ0v) is 9.10. The lowest BCUT2D eigenvalue weighted by Gasteiger charge is -2.10. The van der Waals surface area contributed by atoms with Gasteiger partial charge in [-0.2, -0.15) is 0 Å². The van der Waals surface area contributed by atoms with Gasteiger partial charge in [-0.1, -0.05) is 18.2 Å². The van der Waals surface area contributed by atoms with Crippen LogP contribution in [0.2, 0.25) is 0 Å². The third-order valence-corrected chi connectivity index (χ3v) is 3.19. The molecule has 1 aromatic rings. The van der Waals surface area contributed by atoms with Crippen LogP contribution in [-0.2, 0) is 4.79 Å².